The summed E-state index contributed by atoms with van der Waals surface area (Å²) in [5.41, 5.74) is 7.31. The summed E-state index contributed by atoms with van der Waals surface area (Å²) in [5.74, 6) is 0.00977. The summed E-state index contributed by atoms with van der Waals surface area (Å²) in [4.78, 5) is 18.3. The van der Waals surface area contributed by atoms with Crippen LogP contribution in [0, 0.1) is 13.8 Å². The van der Waals surface area contributed by atoms with Crippen LogP contribution in [-0.2, 0) is 0 Å². The second-order valence-electron chi connectivity index (χ2n) is 4.04. The third kappa shape index (κ3) is 2.13. The quantitative estimate of drug-likeness (QED) is 0.641. The molecular formula is C12H14N4O2. The van der Waals surface area contributed by atoms with E-state index < -0.39 is 0 Å². The van der Waals surface area contributed by atoms with E-state index in [-0.39, 0.29) is 22.8 Å². The number of nitrogens with two attached hydrogens (primary N) is 1. The van der Waals surface area contributed by atoms with E-state index in [0.717, 1.165) is 5.56 Å². The van der Waals surface area contributed by atoms with Crippen LogP contribution in [0.5, 0.6) is 5.75 Å². The number of hydrogen-bond acceptors (Lipinski definition) is 5. The second kappa shape index (κ2) is 4.40. The molecule has 0 spiro atoms. The van der Waals surface area contributed by atoms with Gasteiger partial charge in [-0.2, -0.15) is 0 Å². The average Bonchev–Trinajstić information content (AvgIpc) is 2.30. The molecule has 0 atom stereocenters. The number of nitrogens with zero attached hydrogens (tertiary/aromatic N) is 1. The molecule has 18 heavy (non-hydrogen) atoms. The summed E-state index contributed by atoms with van der Waals surface area (Å²) in [7, 11) is 0. The van der Waals surface area contributed by atoms with Gasteiger partial charge in [0, 0.05) is 11.9 Å². The third-order valence-corrected chi connectivity index (χ3v) is 2.56. The Balaban J connectivity index is 2.50. The minimum atomic E-state index is -0.281. The Morgan fingerprint density at radius 2 is 2.17 bits per heavy atom. The highest BCUT2D eigenvalue weighted by Gasteiger charge is 2.11. The first kappa shape index (κ1) is 12.0. The van der Waals surface area contributed by atoms with Crippen molar-refractivity contribution in [3.63, 3.8) is 0 Å². The van der Waals surface area contributed by atoms with E-state index in [1.165, 1.54) is 0 Å². The van der Waals surface area contributed by atoms with Crippen LogP contribution >= 0.6 is 0 Å². The van der Waals surface area contributed by atoms with Gasteiger partial charge in [0.15, 0.2) is 11.6 Å². The van der Waals surface area contributed by atoms with Crippen molar-refractivity contribution in [3.05, 3.63) is 39.9 Å². The van der Waals surface area contributed by atoms with Crippen LogP contribution < -0.4 is 16.6 Å². The largest absolute Gasteiger partial charge is 0.503 e. The number of aromatic amines is 1. The number of nitrogens with one attached hydrogen (secondary N) is 2. The highest BCUT2D eigenvalue weighted by atomic mass is 16.3. The fourth-order valence-electron chi connectivity index (χ4n) is 1.63. The first-order valence-electron chi connectivity index (χ1n) is 5.40. The molecule has 0 radical (unpaired) electrons. The van der Waals surface area contributed by atoms with E-state index in [1.54, 1.807) is 32.2 Å². The molecule has 2 rings (SSSR count). The Labute approximate surface area is 104 Å². The topological polar surface area (TPSA) is 104 Å². The Kier molecular flexibility index (Phi) is 2.93. The van der Waals surface area contributed by atoms with Crippen LogP contribution in [0.25, 0.3) is 0 Å². The van der Waals surface area contributed by atoms with Crippen molar-refractivity contribution in [1.82, 2.24) is 9.97 Å². The van der Waals surface area contributed by atoms with Gasteiger partial charge in [0.05, 0.1) is 5.69 Å². The van der Waals surface area contributed by atoms with E-state index in [9.17, 15) is 9.90 Å². The standard InChI is InChI=1S/C12H14N4O2/c1-6-3-4-14-12(18)9(6)16-11-10(17)8(13)5-7(2)15-11/h3-5,17H,1-2H3,(H,14,18)(H3,13,15,16). The lowest BCUT2D eigenvalue weighted by Crippen LogP contribution is -2.13. The molecule has 6 nitrogen and oxygen atoms in total. The molecule has 94 valence electrons. The summed E-state index contributed by atoms with van der Waals surface area (Å²) >= 11 is 0. The molecule has 0 saturated heterocycles. The van der Waals surface area contributed by atoms with Crippen molar-refractivity contribution < 1.29 is 5.11 Å². The van der Waals surface area contributed by atoms with E-state index in [4.69, 9.17) is 5.73 Å². The summed E-state index contributed by atoms with van der Waals surface area (Å²) in [6, 6.07) is 3.31. The summed E-state index contributed by atoms with van der Waals surface area (Å²) in [5, 5.41) is 12.6. The average molecular weight is 246 g/mol. The van der Waals surface area contributed by atoms with Crippen LogP contribution in [0.2, 0.25) is 0 Å². The van der Waals surface area contributed by atoms with Gasteiger partial charge >= 0.3 is 0 Å². The van der Waals surface area contributed by atoms with Gasteiger partial charge in [0.2, 0.25) is 0 Å². The van der Waals surface area contributed by atoms with Gasteiger partial charge in [-0.25, -0.2) is 4.98 Å². The molecule has 0 aliphatic rings. The SMILES string of the molecule is Cc1cc(N)c(O)c(Nc2c(C)cc[nH]c2=O)n1. The Hall–Kier alpha value is -2.50. The van der Waals surface area contributed by atoms with Crippen molar-refractivity contribution in [3.8, 4) is 5.75 Å². The van der Waals surface area contributed by atoms with Crippen molar-refractivity contribution >= 4 is 17.2 Å². The van der Waals surface area contributed by atoms with Crippen molar-refractivity contribution in [2.75, 3.05) is 11.1 Å². The predicted octanol–water partition coefficient (Wildman–Crippen LogP) is 1.42. The molecule has 0 amide bonds. The molecular weight excluding hydrogens is 232 g/mol. The summed E-state index contributed by atoms with van der Waals surface area (Å²) in [6.45, 7) is 3.54. The monoisotopic (exact) mass is 246 g/mol. The van der Waals surface area contributed by atoms with Gasteiger partial charge in [-0.05, 0) is 31.5 Å². The van der Waals surface area contributed by atoms with Gasteiger partial charge in [-0.1, -0.05) is 0 Å². The fraction of sp³-hybridized carbons (Fsp3) is 0.167. The number of hydrogen-bond donors (Lipinski definition) is 4. The number of aryl methyl sites for hydroxylation is 2. The number of H-pyrrole nitrogens is 1. The molecule has 6 heteroatoms. The molecule has 2 heterocycles. The lowest BCUT2D eigenvalue weighted by molar-refractivity contribution is 0.478. The fourth-order valence-corrected chi connectivity index (χ4v) is 1.63. The number of anilines is 3. The molecule has 2 aromatic rings. The Morgan fingerprint density at radius 1 is 1.44 bits per heavy atom. The summed E-state index contributed by atoms with van der Waals surface area (Å²) < 4.78 is 0. The van der Waals surface area contributed by atoms with Crippen LogP contribution in [0.4, 0.5) is 17.2 Å². The maximum Gasteiger partial charge on any atom is 0.271 e. The molecule has 0 bridgehead atoms. The Bertz CT molecular complexity index is 649. The minimum Gasteiger partial charge on any atom is -0.503 e. The number of aromatic nitrogens is 2. The van der Waals surface area contributed by atoms with Gasteiger partial charge in [0.25, 0.3) is 5.56 Å². The first-order chi connectivity index (χ1) is 8.49. The molecule has 0 saturated carbocycles. The maximum absolute atomic E-state index is 11.7. The highest BCUT2D eigenvalue weighted by molar-refractivity contribution is 5.71. The number of nitrogen functional groups attached to an aromatic ring is 1. The van der Waals surface area contributed by atoms with Crippen LogP contribution in [0.15, 0.2) is 23.1 Å². The van der Waals surface area contributed by atoms with Gasteiger partial charge in [-0.15, -0.1) is 0 Å². The molecule has 2 aromatic heterocycles. The van der Waals surface area contributed by atoms with Crippen LogP contribution in [0.1, 0.15) is 11.3 Å². The van der Waals surface area contributed by atoms with E-state index in [1.807, 2.05) is 0 Å². The Morgan fingerprint density at radius 3 is 2.83 bits per heavy atom. The normalized spacial score (nSPS) is 10.3. The van der Waals surface area contributed by atoms with E-state index in [2.05, 4.69) is 15.3 Å². The van der Waals surface area contributed by atoms with Crippen molar-refractivity contribution in [1.29, 1.82) is 0 Å². The van der Waals surface area contributed by atoms with Crippen LogP contribution in [-0.4, -0.2) is 15.1 Å². The number of pyridine rings is 2. The zero-order chi connectivity index (χ0) is 13.3. The smallest absolute Gasteiger partial charge is 0.271 e. The van der Waals surface area contributed by atoms with E-state index >= 15 is 0 Å². The second-order valence-corrected chi connectivity index (χ2v) is 4.04. The molecule has 0 fully saturated rings. The van der Waals surface area contributed by atoms with Crippen molar-refractivity contribution in [2.24, 2.45) is 0 Å². The highest BCUT2D eigenvalue weighted by Crippen LogP contribution is 2.30. The van der Waals surface area contributed by atoms with Gasteiger partial charge < -0.3 is 21.1 Å². The lowest BCUT2D eigenvalue weighted by atomic mass is 10.2. The zero-order valence-corrected chi connectivity index (χ0v) is 10.1. The molecule has 0 aliphatic heterocycles. The number of rotatable bonds is 2. The first-order valence-corrected chi connectivity index (χ1v) is 5.40. The van der Waals surface area contributed by atoms with E-state index in [0.29, 0.717) is 11.4 Å². The zero-order valence-electron chi connectivity index (χ0n) is 10.1. The predicted molar refractivity (Wildman–Crippen MR) is 70.1 cm³/mol. The maximum atomic E-state index is 11.7. The molecule has 5 N–H and O–H groups in total. The lowest BCUT2D eigenvalue weighted by Gasteiger charge is -2.11. The minimum absolute atomic E-state index is 0.164. The number of aromatic hydroxyl groups is 1. The van der Waals surface area contributed by atoms with Gasteiger partial charge in [-0.3, -0.25) is 4.79 Å². The van der Waals surface area contributed by atoms with Gasteiger partial charge in [0.1, 0.15) is 5.69 Å². The van der Waals surface area contributed by atoms with Crippen LogP contribution in [0.3, 0.4) is 0 Å². The third-order valence-electron chi connectivity index (χ3n) is 2.56. The molecule has 0 aromatic carbocycles. The van der Waals surface area contributed by atoms with Crippen molar-refractivity contribution in [2.45, 2.75) is 13.8 Å². The molecule has 0 aliphatic carbocycles. The summed E-state index contributed by atoms with van der Waals surface area (Å²) in [6.07, 6.45) is 1.56. The molecule has 0 unspecified atom stereocenters.